The number of ether oxygens (including phenoxy) is 1. The van der Waals surface area contributed by atoms with Crippen LogP contribution < -0.4 is 10.6 Å². The zero-order valence-corrected chi connectivity index (χ0v) is 14.9. The van der Waals surface area contributed by atoms with E-state index in [-0.39, 0.29) is 18.4 Å². The molecule has 6 heteroatoms. The number of rotatable bonds is 7. The summed E-state index contributed by atoms with van der Waals surface area (Å²) in [6.45, 7) is 2.49. The topological polar surface area (TPSA) is 67.4 Å². The number of amides is 1. The van der Waals surface area contributed by atoms with E-state index < -0.39 is 0 Å². The molecule has 0 aliphatic heterocycles. The van der Waals surface area contributed by atoms with E-state index in [2.05, 4.69) is 26.6 Å². The maximum Gasteiger partial charge on any atom is 0.338 e. The van der Waals surface area contributed by atoms with Crippen LogP contribution in [-0.2, 0) is 9.53 Å². The summed E-state index contributed by atoms with van der Waals surface area (Å²) in [5.41, 5.74) is 1.99. The van der Waals surface area contributed by atoms with Crippen LogP contribution in [0.2, 0.25) is 0 Å². The summed E-state index contributed by atoms with van der Waals surface area (Å²) >= 11 is 3.34. The minimum atomic E-state index is -0.337. The number of benzene rings is 2. The van der Waals surface area contributed by atoms with Crippen molar-refractivity contribution in [2.24, 2.45) is 0 Å². The minimum Gasteiger partial charge on any atom is -0.462 e. The Morgan fingerprint density at radius 1 is 1.00 bits per heavy atom. The van der Waals surface area contributed by atoms with E-state index in [1.54, 1.807) is 24.3 Å². The molecule has 0 heterocycles. The Bertz CT molecular complexity index is 684. The van der Waals surface area contributed by atoms with E-state index in [4.69, 9.17) is 4.74 Å². The third-order valence-electron chi connectivity index (χ3n) is 3.14. The summed E-state index contributed by atoms with van der Waals surface area (Å²) in [6, 6.07) is 14.2. The predicted octanol–water partition coefficient (Wildman–Crippen LogP) is 4.07. The van der Waals surface area contributed by atoms with Gasteiger partial charge in [-0.1, -0.05) is 22.9 Å². The molecule has 126 valence electrons. The third-order valence-corrected chi connectivity index (χ3v) is 3.67. The van der Waals surface area contributed by atoms with Gasteiger partial charge in [0.2, 0.25) is 5.91 Å². The maximum absolute atomic E-state index is 11.9. The number of esters is 1. The van der Waals surface area contributed by atoms with Gasteiger partial charge in [0, 0.05) is 15.8 Å². The lowest BCUT2D eigenvalue weighted by Crippen LogP contribution is -2.21. The largest absolute Gasteiger partial charge is 0.462 e. The van der Waals surface area contributed by atoms with E-state index in [9.17, 15) is 9.59 Å². The molecule has 5 nitrogen and oxygen atoms in total. The van der Waals surface area contributed by atoms with Crippen LogP contribution in [-0.4, -0.2) is 25.0 Å². The molecular formula is C18H19BrN2O3. The van der Waals surface area contributed by atoms with Crippen LogP contribution >= 0.6 is 15.9 Å². The predicted molar refractivity (Wildman–Crippen MR) is 98.3 cm³/mol. The quantitative estimate of drug-likeness (QED) is 0.699. The molecule has 0 atom stereocenters. The second-order valence-electron chi connectivity index (χ2n) is 5.12. The molecule has 0 bridgehead atoms. The lowest BCUT2D eigenvalue weighted by Gasteiger charge is -2.09. The Labute approximate surface area is 149 Å². The first-order valence-corrected chi connectivity index (χ1v) is 8.44. The van der Waals surface area contributed by atoms with Crippen molar-refractivity contribution in [1.82, 2.24) is 0 Å². The fourth-order valence-electron chi connectivity index (χ4n) is 1.92. The highest BCUT2D eigenvalue weighted by Crippen LogP contribution is 2.14. The number of anilines is 2. The molecule has 0 radical (unpaired) electrons. The average Bonchev–Trinajstić information content (AvgIpc) is 2.60. The normalized spacial score (nSPS) is 10.1. The maximum atomic E-state index is 11.9. The van der Waals surface area contributed by atoms with Gasteiger partial charge in [-0.05, 0) is 55.0 Å². The van der Waals surface area contributed by atoms with Crippen LogP contribution in [0, 0.1) is 0 Å². The highest BCUT2D eigenvalue weighted by molar-refractivity contribution is 9.10. The summed E-state index contributed by atoms with van der Waals surface area (Å²) in [5, 5.41) is 5.81. The smallest absolute Gasteiger partial charge is 0.338 e. The van der Waals surface area contributed by atoms with Crippen LogP contribution in [0.3, 0.4) is 0 Å². The van der Waals surface area contributed by atoms with Crippen molar-refractivity contribution in [3.63, 3.8) is 0 Å². The molecule has 1 amide bonds. The second-order valence-corrected chi connectivity index (χ2v) is 6.04. The molecule has 2 N–H and O–H groups in total. The van der Waals surface area contributed by atoms with Gasteiger partial charge in [-0.25, -0.2) is 4.79 Å². The highest BCUT2D eigenvalue weighted by atomic mass is 79.9. The molecule has 0 aliphatic rings. The number of carbonyl (C=O) groups excluding carboxylic acids is 2. The van der Waals surface area contributed by atoms with Gasteiger partial charge in [0.25, 0.3) is 0 Å². The molecule has 0 aromatic heterocycles. The summed E-state index contributed by atoms with van der Waals surface area (Å²) in [7, 11) is 0. The van der Waals surface area contributed by atoms with Gasteiger partial charge in [0.05, 0.1) is 18.7 Å². The van der Waals surface area contributed by atoms with Crippen LogP contribution in [0.25, 0.3) is 0 Å². The third kappa shape index (κ3) is 5.70. The summed E-state index contributed by atoms with van der Waals surface area (Å²) < 4.78 is 6.02. The first-order chi connectivity index (χ1) is 11.6. The van der Waals surface area contributed by atoms with Gasteiger partial charge in [-0.3, -0.25) is 4.79 Å². The zero-order chi connectivity index (χ0) is 17.4. The standard InChI is InChI=1S/C18H19BrN2O3/c1-2-11-24-18(23)13-3-7-15(8-4-13)20-12-17(22)21-16-9-5-14(19)6-10-16/h3-10,20H,2,11-12H2,1H3,(H,21,22). The Hall–Kier alpha value is -2.34. The first kappa shape index (κ1) is 18.0. The molecule has 2 aromatic carbocycles. The van der Waals surface area contributed by atoms with E-state index in [0.717, 1.165) is 22.3 Å². The van der Waals surface area contributed by atoms with Gasteiger partial charge in [0.15, 0.2) is 0 Å². The molecule has 2 aromatic rings. The van der Waals surface area contributed by atoms with Crippen LogP contribution in [0.5, 0.6) is 0 Å². The van der Waals surface area contributed by atoms with Gasteiger partial charge in [-0.15, -0.1) is 0 Å². The number of hydrogen-bond acceptors (Lipinski definition) is 4. The van der Waals surface area contributed by atoms with Gasteiger partial charge in [-0.2, -0.15) is 0 Å². The van der Waals surface area contributed by atoms with E-state index in [1.165, 1.54) is 0 Å². The lowest BCUT2D eigenvalue weighted by atomic mass is 10.2. The van der Waals surface area contributed by atoms with Crippen molar-refractivity contribution in [1.29, 1.82) is 0 Å². The highest BCUT2D eigenvalue weighted by Gasteiger charge is 2.07. The SMILES string of the molecule is CCCOC(=O)c1ccc(NCC(=O)Nc2ccc(Br)cc2)cc1. The van der Waals surface area contributed by atoms with Crippen molar-refractivity contribution in [2.75, 3.05) is 23.8 Å². The summed E-state index contributed by atoms with van der Waals surface area (Å²) in [6.07, 6.45) is 0.791. The van der Waals surface area contributed by atoms with Gasteiger partial charge < -0.3 is 15.4 Å². The summed E-state index contributed by atoms with van der Waals surface area (Å²) in [5.74, 6) is -0.486. The molecule has 0 spiro atoms. The van der Waals surface area contributed by atoms with Gasteiger partial charge in [0.1, 0.15) is 0 Å². The number of halogens is 1. The number of hydrogen-bond donors (Lipinski definition) is 2. The van der Waals surface area contributed by atoms with E-state index >= 15 is 0 Å². The molecule has 0 aliphatic carbocycles. The average molecular weight is 391 g/mol. The molecular weight excluding hydrogens is 372 g/mol. The van der Waals surface area contributed by atoms with Crippen molar-refractivity contribution in [2.45, 2.75) is 13.3 Å². The number of nitrogens with one attached hydrogen (secondary N) is 2. The zero-order valence-electron chi connectivity index (χ0n) is 13.3. The van der Waals surface area contributed by atoms with Crippen molar-refractivity contribution in [3.05, 3.63) is 58.6 Å². The van der Waals surface area contributed by atoms with E-state index in [0.29, 0.717) is 12.2 Å². The Kier molecular flexibility index (Phi) is 6.81. The first-order valence-electron chi connectivity index (χ1n) is 7.65. The fraction of sp³-hybridized carbons (Fsp3) is 0.222. The van der Waals surface area contributed by atoms with Crippen molar-refractivity contribution >= 4 is 39.2 Å². The molecule has 0 saturated heterocycles. The Balaban J connectivity index is 1.82. The van der Waals surface area contributed by atoms with E-state index in [1.807, 2.05) is 31.2 Å². The van der Waals surface area contributed by atoms with Gasteiger partial charge >= 0.3 is 5.97 Å². The molecule has 0 fully saturated rings. The Morgan fingerprint density at radius 2 is 1.62 bits per heavy atom. The number of carbonyl (C=O) groups is 2. The monoisotopic (exact) mass is 390 g/mol. The molecule has 24 heavy (non-hydrogen) atoms. The molecule has 0 saturated carbocycles. The summed E-state index contributed by atoms with van der Waals surface area (Å²) in [4.78, 5) is 23.6. The Morgan fingerprint density at radius 3 is 2.25 bits per heavy atom. The van der Waals surface area contributed by atoms with Crippen LogP contribution in [0.1, 0.15) is 23.7 Å². The lowest BCUT2D eigenvalue weighted by molar-refractivity contribution is -0.114. The fourth-order valence-corrected chi connectivity index (χ4v) is 2.19. The minimum absolute atomic E-state index is 0.135. The molecule has 2 rings (SSSR count). The second kappa shape index (κ2) is 9.08. The van der Waals surface area contributed by atoms with Crippen molar-refractivity contribution < 1.29 is 14.3 Å². The van der Waals surface area contributed by atoms with Crippen LogP contribution in [0.15, 0.2) is 53.0 Å². The van der Waals surface area contributed by atoms with Crippen LogP contribution in [0.4, 0.5) is 11.4 Å². The van der Waals surface area contributed by atoms with Crippen molar-refractivity contribution in [3.8, 4) is 0 Å². The molecule has 0 unspecified atom stereocenters.